The van der Waals surface area contributed by atoms with Crippen molar-refractivity contribution < 1.29 is 58.6 Å². The summed E-state index contributed by atoms with van der Waals surface area (Å²) in [5.41, 5.74) is 31.7. The fraction of sp³-hybridized carbons (Fsp3) is 0.273. The minimum absolute atomic E-state index is 0.0230. The molecule has 0 aliphatic heterocycles. The van der Waals surface area contributed by atoms with E-state index in [1.165, 1.54) is 40.3 Å². The average molecular weight is 1670 g/mol. The number of aromatic nitrogens is 10. The Kier molecular flexibility index (Phi) is 20.0. The van der Waals surface area contributed by atoms with Crippen LogP contribution in [0.3, 0.4) is 0 Å². The van der Waals surface area contributed by atoms with Crippen LogP contribution in [-0.4, -0.2) is 24.9 Å². The van der Waals surface area contributed by atoms with Crippen molar-refractivity contribution in [1.29, 1.82) is 0 Å². The molecule has 20 aromatic rings. The third-order valence-corrected chi connectivity index (χ3v) is 23.9. The molecule has 1 unspecified atom stereocenters. The van der Waals surface area contributed by atoms with E-state index < -0.39 is 37.3 Å². The van der Waals surface area contributed by atoms with Crippen LogP contribution in [0.25, 0.3) is 167 Å². The molecule has 1 atom stereocenters. The van der Waals surface area contributed by atoms with Crippen LogP contribution in [0.1, 0.15) is 171 Å². The summed E-state index contributed by atoms with van der Waals surface area (Å²) in [7, 11) is 10.2. The van der Waals surface area contributed by atoms with Gasteiger partial charge in [0.2, 0.25) is 57.0 Å². The summed E-state index contributed by atoms with van der Waals surface area (Å²) in [5.74, 6) is -4.48. The summed E-state index contributed by atoms with van der Waals surface area (Å²) in [6, 6.07) is 63.4. The molecule has 5 aromatic carbocycles. The van der Waals surface area contributed by atoms with Crippen molar-refractivity contribution in [3.8, 4) is 56.3 Å². The van der Waals surface area contributed by atoms with Crippen LogP contribution in [0.15, 0.2) is 241 Å². The Morgan fingerprint density at radius 1 is 0.360 bits per heavy atom. The number of aryl methyl sites for hydroxylation is 16. The Morgan fingerprint density at radius 3 is 1.09 bits per heavy atom. The minimum atomic E-state index is -2.39. The van der Waals surface area contributed by atoms with Crippen molar-refractivity contribution in [1.82, 2.24) is 24.9 Å². The van der Waals surface area contributed by atoms with Gasteiger partial charge in [-0.05, 0) is 223 Å². The number of nitrogens with zero attached hydrogens (tertiary/aromatic N) is 10. The number of benzene rings is 5. The summed E-state index contributed by atoms with van der Waals surface area (Å²) in [6.45, 7) is 25.7. The van der Waals surface area contributed by atoms with Gasteiger partial charge in [-0.25, -0.2) is 47.8 Å². The Morgan fingerprint density at radius 2 is 0.696 bits per heavy atom. The normalized spacial score (nSPS) is 15.4. The highest BCUT2D eigenvalue weighted by molar-refractivity contribution is 6.13. The van der Waals surface area contributed by atoms with Crippen molar-refractivity contribution in [3.63, 3.8) is 0 Å². The maximum atomic E-state index is 8.96. The number of hydrogen-bond acceptors (Lipinski definition) is 10. The first kappa shape index (κ1) is 72.1. The molecule has 0 spiro atoms. The molecule has 15 aromatic heterocycles. The molecule has 15 nitrogen and oxygen atoms in total. The van der Waals surface area contributed by atoms with E-state index in [-0.39, 0.29) is 25.0 Å². The van der Waals surface area contributed by atoms with Gasteiger partial charge in [0.05, 0.1) is 27.8 Å². The predicted molar refractivity (Wildman–Crippen MR) is 506 cm³/mol. The quantitative estimate of drug-likeness (QED) is 0.121. The molecule has 1 saturated carbocycles. The molecule has 0 amide bonds. The zero-order chi connectivity index (χ0) is 96.4. The lowest BCUT2D eigenvalue weighted by Gasteiger charge is -2.20. The number of fused-ring (bicyclic) bond motifs is 15. The zero-order valence-electron chi connectivity index (χ0n) is 84.8. The zero-order valence-corrected chi connectivity index (χ0v) is 74.8. The van der Waals surface area contributed by atoms with Gasteiger partial charge in [-0.2, -0.15) is 0 Å². The van der Waals surface area contributed by atoms with Crippen LogP contribution in [0, 0.1) is 75.1 Å². The lowest BCUT2D eigenvalue weighted by atomic mass is 9.86. The van der Waals surface area contributed by atoms with E-state index in [4.69, 9.17) is 35.8 Å². The van der Waals surface area contributed by atoms with E-state index in [1.807, 2.05) is 119 Å². The standard InChI is InChI=1S/C24H25N2O.C23H25N2O.C22H23N2O.C21H21N2O.C20H19N2O/c1-16-11-12-18-19-13-14-20(17-8-4-3-5-9-17)25-24(19)27-23(18)22(16)21-10-6-7-15-26(21)2;1-14(2)12-17-7-9-19-18-8-6-16(4)21(22(18)26-23(19)24-17)20-13-15(3)10-11-25(20)5;1-13(2)18-9-8-17-16-7-6-15(4)20(21(16)25-22(17)23-18)19-12-14(3)10-11-24(19)5;1-5-15-7-9-17-16-8-6-14(3)19(20(16)24-21(17)22-15)18-12-13(2)10-11-23(18)4;1-12-9-10-22(4)17(11-12)18-13(2)5-7-15-16-8-6-14(3)21-20(16)23-19(15)18/h6-7,10-15,17H,3-5,8-9H2,1-2H3;6-11,13-14H,12H2,1-5H3;6-13H,1-5H3;6-12H,5H2,1-4H3;5-11H,1-4H3/q5*+1/i8D2,9D2,17D;1D3,14D;13D;;. The molecule has 0 radical (unpaired) electrons. The van der Waals surface area contributed by atoms with Crippen molar-refractivity contribution in [3.05, 3.63) is 298 Å². The Labute approximate surface area is 745 Å². The molecule has 0 bridgehead atoms. The van der Waals surface area contributed by atoms with Gasteiger partial charge in [0, 0.05) is 163 Å². The maximum absolute atomic E-state index is 8.96. The number of pyridine rings is 10. The summed E-state index contributed by atoms with van der Waals surface area (Å²) >= 11 is 0. The van der Waals surface area contributed by atoms with Gasteiger partial charge >= 0.3 is 0 Å². The van der Waals surface area contributed by atoms with E-state index in [2.05, 4.69) is 254 Å². The molecule has 1 aliphatic carbocycles. The molecule has 628 valence electrons. The third-order valence-electron chi connectivity index (χ3n) is 23.9. The monoisotopic (exact) mass is 1660 g/mol. The van der Waals surface area contributed by atoms with E-state index in [9.17, 15) is 0 Å². The Balaban J connectivity index is 0.000000118. The predicted octanol–water partition coefficient (Wildman–Crippen LogP) is 25.4. The first-order valence-electron chi connectivity index (χ1n) is 47.8. The lowest BCUT2D eigenvalue weighted by Crippen LogP contribution is -2.30. The molecular weight excluding hydrogens is 1540 g/mol. The smallest absolute Gasteiger partial charge is 0.227 e. The van der Waals surface area contributed by atoms with Crippen LogP contribution in [-0.2, 0) is 48.1 Å². The first-order chi connectivity index (χ1) is 63.9. The highest BCUT2D eigenvalue weighted by Crippen LogP contribution is 2.44. The fourth-order valence-corrected chi connectivity index (χ4v) is 17.1. The molecule has 21 rings (SSSR count). The topological polar surface area (TPSA) is 150 Å². The van der Waals surface area contributed by atoms with Crippen LogP contribution >= 0.6 is 0 Å². The molecule has 0 N–H and O–H groups in total. The summed E-state index contributed by atoms with van der Waals surface area (Å²) in [5, 5.41) is 9.95. The second kappa shape index (κ2) is 34.7. The van der Waals surface area contributed by atoms with Gasteiger partial charge in [0.15, 0.2) is 58.9 Å². The number of rotatable bonds is 10. The number of furan rings is 5. The second-order valence-electron chi connectivity index (χ2n) is 33.8. The third kappa shape index (κ3) is 16.4. The van der Waals surface area contributed by atoms with E-state index in [1.54, 1.807) is 18.2 Å². The molecule has 15 heterocycles. The van der Waals surface area contributed by atoms with E-state index in [0.29, 0.717) is 46.2 Å². The van der Waals surface area contributed by atoms with Crippen molar-refractivity contribution >= 4 is 110 Å². The van der Waals surface area contributed by atoms with Crippen LogP contribution in [0.2, 0.25) is 0 Å². The fourth-order valence-electron chi connectivity index (χ4n) is 17.1. The second-order valence-corrected chi connectivity index (χ2v) is 33.8. The van der Waals surface area contributed by atoms with Gasteiger partial charge in [-0.1, -0.05) is 114 Å². The van der Waals surface area contributed by atoms with Crippen molar-refractivity contribution in [2.75, 3.05) is 0 Å². The minimum Gasteiger partial charge on any atom is -0.437 e. The van der Waals surface area contributed by atoms with Crippen molar-refractivity contribution in [2.24, 2.45) is 41.1 Å². The molecule has 15 heteroatoms. The van der Waals surface area contributed by atoms with Gasteiger partial charge in [-0.15, -0.1) is 0 Å². The first-order valence-corrected chi connectivity index (χ1v) is 42.8. The summed E-state index contributed by atoms with van der Waals surface area (Å²) < 4.78 is 124. The van der Waals surface area contributed by atoms with Gasteiger partial charge in [-0.3, -0.25) is 0 Å². The highest BCUT2D eigenvalue weighted by Gasteiger charge is 2.29. The molecule has 125 heavy (non-hydrogen) atoms. The maximum Gasteiger partial charge on any atom is 0.227 e. The highest BCUT2D eigenvalue weighted by atomic mass is 16.4. The lowest BCUT2D eigenvalue weighted by molar-refractivity contribution is -0.660. The van der Waals surface area contributed by atoms with Gasteiger partial charge in [0.1, 0.15) is 35.2 Å². The largest absolute Gasteiger partial charge is 0.437 e. The molecule has 1 fully saturated rings. The number of hydrogen-bond donors (Lipinski definition) is 0. The van der Waals surface area contributed by atoms with Crippen LogP contribution < -0.4 is 22.8 Å². The summed E-state index contributed by atoms with van der Waals surface area (Å²) in [6.07, 6.45) is 7.79. The van der Waals surface area contributed by atoms with Crippen LogP contribution in [0.4, 0.5) is 0 Å². The van der Waals surface area contributed by atoms with E-state index in [0.717, 1.165) is 173 Å². The molecule has 0 saturated heterocycles. The molecular formula is C110H113N10O5+5. The summed E-state index contributed by atoms with van der Waals surface area (Å²) in [4.78, 5) is 23.0. The van der Waals surface area contributed by atoms with Crippen molar-refractivity contribution in [2.45, 2.75) is 160 Å². The SMILES string of the molecule is CCc1ccc2c(n1)oc1c(-c3cc(C)cc[n+]3C)c(C)ccc12.Cc1cc[n+](C)c(-c2c(C)ccc3c2oc2nc(C)ccc23)c1.[2H]C(C)(C)c1ccc2c(n1)oc1c(-c3cc(C)cc[n+]3C)c(C)ccc12.[2H]C([2H])([2H])C([2H])(C)Cc1ccc2c(n1)oc1c(-c3cc(C)cc[n+]3C)c(C)ccc12.[2H]C1([2H])CCCC([2H])([2H])C1([2H])c1ccc2c(n1)oc1c(-c3cccc[n+]3C)c(C)ccc12. The van der Waals surface area contributed by atoms with Gasteiger partial charge < -0.3 is 22.1 Å². The Bertz CT molecular complexity index is 8100. The van der Waals surface area contributed by atoms with Crippen LogP contribution in [0.5, 0.6) is 0 Å². The Hall–Kier alpha value is -13.4. The average Bonchev–Trinajstić information content (AvgIpc) is 1.59. The van der Waals surface area contributed by atoms with Gasteiger partial charge in [0.25, 0.3) is 0 Å². The molecule has 1 aliphatic rings. The van der Waals surface area contributed by atoms with E-state index >= 15 is 0 Å².